The largest absolute Gasteiger partial charge is 0.452 e. The molecule has 36 heavy (non-hydrogen) atoms. The molecule has 0 aliphatic carbocycles. The lowest BCUT2D eigenvalue weighted by Gasteiger charge is -2.30. The molecule has 1 aliphatic rings. The lowest BCUT2D eigenvalue weighted by Crippen LogP contribution is -2.41. The first-order chi connectivity index (χ1) is 17.1. The fourth-order valence-corrected chi connectivity index (χ4v) is 6.74. The van der Waals surface area contributed by atoms with Gasteiger partial charge in [0.15, 0.2) is 6.10 Å². The fourth-order valence-electron chi connectivity index (χ4n) is 4.13. The monoisotopic (exact) mass is 532 g/mol. The number of rotatable bonds is 7. The molecule has 3 aromatic rings. The van der Waals surface area contributed by atoms with Gasteiger partial charge >= 0.3 is 5.97 Å². The van der Waals surface area contributed by atoms with Gasteiger partial charge in [-0.25, -0.2) is 13.1 Å². The Labute approximate surface area is 213 Å². The molecule has 1 aromatic carbocycles. The Morgan fingerprint density at radius 2 is 1.78 bits per heavy atom. The molecule has 4 rings (SSSR count). The van der Waals surface area contributed by atoms with Crippen molar-refractivity contribution in [1.29, 1.82) is 0 Å². The van der Waals surface area contributed by atoms with E-state index in [0.29, 0.717) is 24.2 Å². The number of thiophene rings is 1. The van der Waals surface area contributed by atoms with Crippen molar-refractivity contribution in [3.63, 3.8) is 0 Å². The summed E-state index contributed by atoms with van der Waals surface area (Å²) in [6.45, 7) is 3.55. The second kappa shape index (κ2) is 10.4. The molecule has 3 heterocycles. The number of esters is 1. The van der Waals surface area contributed by atoms with Crippen LogP contribution in [0, 0.1) is 12.8 Å². The lowest BCUT2D eigenvalue weighted by atomic mass is 9.98. The normalized spacial score (nSPS) is 16.0. The van der Waals surface area contributed by atoms with Crippen LogP contribution in [0.2, 0.25) is 0 Å². The molecular weight excluding hydrogens is 504 g/mol. The molecule has 0 spiro atoms. The number of para-hydroxylation sites is 1. The standard InChI is InChI=1S/C24H28N4O6S2/c1-16-21(23(30)28(26(16)3)19-8-5-4-6-9-19)25-22(29)17(2)34-24(31)18-11-13-27(14-12-18)36(32,33)20-10-7-15-35-20/h4-10,15,17-18H,11-14H2,1-3H3,(H,25,29). The Morgan fingerprint density at radius 1 is 1.11 bits per heavy atom. The minimum absolute atomic E-state index is 0.112. The Bertz CT molecular complexity index is 1400. The summed E-state index contributed by atoms with van der Waals surface area (Å²) >= 11 is 1.15. The van der Waals surface area contributed by atoms with Crippen molar-refractivity contribution in [3.8, 4) is 5.69 Å². The molecule has 12 heteroatoms. The highest BCUT2D eigenvalue weighted by atomic mass is 32.2. The van der Waals surface area contributed by atoms with Crippen LogP contribution in [-0.4, -0.2) is 53.2 Å². The number of hydrogen-bond donors (Lipinski definition) is 1. The molecule has 1 aliphatic heterocycles. The predicted molar refractivity (Wildman–Crippen MR) is 136 cm³/mol. The highest BCUT2D eigenvalue weighted by molar-refractivity contribution is 7.91. The van der Waals surface area contributed by atoms with E-state index < -0.39 is 39.5 Å². The van der Waals surface area contributed by atoms with Crippen LogP contribution in [0.3, 0.4) is 0 Å². The van der Waals surface area contributed by atoms with Crippen molar-refractivity contribution in [1.82, 2.24) is 13.7 Å². The van der Waals surface area contributed by atoms with E-state index in [1.54, 1.807) is 48.3 Å². The van der Waals surface area contributed by atoms with Gasteiger partial charge in [-0.05, 0) is 50.3 Å². The number of piperidine rings is 1. The van der Waals surface area contributed by atoms with E-state index in [1.165, 1.54) is 15.9 Å². The van der Waals surface area contributed by atoms with Crippen LogP contribution < -0.4 is 10.9 Å². The molecule has 10 nitrogen and oxygen atoms in total. The predicted octanol–water partition coefficient (Wildman–Crippen LogP) is 2.52. The van der Waals surface area contributed by atoms with Crippen LogP contribution in [0.4, 0.5) is 5.69 Å². The van der Waals surface area contributed by atoms with E-state index in [-0.39, 0.29) is 23.0 Å². The molecular formula is C24H28N4O6S2. The SMILES string of the molecule is Cc1c(NC(=O)C(C)OC(=O)C2CCN(S(=O)(=O)c3cccs3)CC2)c(=O)n(-c2ccccc2)n1C. The van der Waals surface area contributed by atoms with E-state index in [0.717, 1.165) is 11.3 Å². The number of hydrogen-bond acceptors (Lipinski definition) is 7. The fraction of sp³-hybridized carbons (Fsp3) is 0.375. The highest BCUT2D eigenvalue weighted by Gasteiger charge is 2.34. The Morgan fingerprint density at radius 3 is 2.39 bits per heavy atom. The smallest absolute Gasteiger partial charge is 0.309 e. The van der Waals surface area contributed by atoms with Crippen molar-refractivity contribution < 1.29 is 22.7 Å². The topological polar surface area (TPSA) is 120 Å². The average Bonchev–Trinajstić information content (AvgIpc) is 3.49. The van der Waals surface area contributed by atoms with Crippen LogP contribution in [-0.2, 0) is 31.4 Å². The maximum Gasteiger partial charge on any atom is 0.309 e. The number of nitrogens with zero attached hydrogens (tertiary/aromatic N) is 3. The zero-order chi connectivity index (χ0) is 26.0. The van der Waals surface area contributed by atoms with Crippen molar-refractivity contribution in [2.45, 2.75) is 37.0 Å². The summed E-state index contributed by atoms with van der Waals surface area (Å²) in [7, 11) is -1.85. The molecule has 1 unspecified atom stereocenters. The van der Waals surface area contributed by atoms with Gasteiger partial charge in [0, 0.05) is 20.1 Å². The number of ether oxygens (including phenoxy) is 1. The maximum absolute atomic E-state index is 13.0. The zero-order valence-corrected chi connectivity index (χ0v) is 21.8. The summed E-state index contributed by atoms with van der Waals surface area (Å²) < 4.78 is 35.5. The molecule has 1 saturated heterocycles. The van der Waals surface area contributed by atoms with Gasteiger partial charge < -0.3 is 10.1 Å². The van der Waals surface area contributed by atoms with Gasteiger partial charge in [0.2, 0.25) is 0 Å². The van der Waals surface area contributed by atoms with Gasteiger partial charge in [0.1, 0.15) is 9.90 Å². The van der Waals surface area contributed by atoms with Gasteiger partial charge in [-0.3, -0.25) is 19.1 Å². The second-order valence-electron chi connectivity index (χ2n) is 8.62. The minimum Gasteiger partial charge on any atom is -0.452 e. The molecule has 1 atom stereocenters. The van der Waals surface area contributed by atoms with Crippen molar-refractivity contribution in [2.24, 2.45) is 13.0 Å². The van der Waals surface area contributed by atoms with Gasteiger partial charge in [0.05, 0.1) is 17.3 Å². The quantitative estimate of drug-likeness (QED) is 0.467. The maximum atomic E-state index is 13.0. The second-order valence-corrected chi connectivity index (χ2v) is 11.7. The van der Waals surface area contributed by atoms with E-state index in [4.69, 9.17) is 4.74 Å². The lowest BCUT2D eigenvalue weighted by molar-refractivity contribution is -0.158. The number of benzene rings is 1. The summed E-state index contributed by atoms with van der Waals surface area (Å²) in [5.74, 6) is -1.69. The third kappa shape index (κ3) is 5.01. The number of aromatic nitrogens is 2. The average molecular weight is 533 g/mol. The number of amides is 1. The first-order valence-corrected chi connectivity index (χ1v) is 13.8. The number of anilines is 1. The first kappa shape index (κ1) is 25.9. The molecule has 1 fully saturated rings. The summed E-state index contributed by atoms with van der Waals surface area (Å²) in [6.07, 6.45) is -0.524. The van der Waals surface area contributed by atoms with E-state index in [9.17, 15) is 22.8 Å². The third-order valence-corrected chi connectivity index (χ3v) is 9.61. The molecule has 2 aromatic heterocycles. The van der Waals surface area contributed by atoms with Crippen molar-refractivity contribution in [2.75, 3.05) is 18.4 Å². The Kier molecular flexibility index (Phi) is 7.48. The summed E-state index contributed by atoms with van der Waals surface area (Å²) in [5, 5.41) is 4.31. The van der Waals surface area contributed by atoms with Gasteiger partial charge in [0.25, 0.3) is 21.5 Å². The van der Waals surface area contributed by atoms with E-state index in [2.05, 4.69) is 5.32 Å². The number of carbonyl (C=O) groups excluding carboxylic acids is 2. The number of carbonyl (C=O) groups is 2. The van der Waals surface area contributed by atoms with Crippen LogP contribution in [0.5, 0.6) is 0 Å². The highest BCUT2D eigenvalue weighted by Crippen LogP contribution is 2.27. The minimum atomic E-state index is -3.57. The first-order valence-electron chi connectivity index (χ1n) is 11.5. The Hall–Kier alpha value is -3.22. The van der Waals surface area contributed by atoms with Crippen molar-refractivity contribution in [3.05, 3.63) is 63.9 Å². The van der Waals surface area contributed by atoms with Crippen LogP contribution in [0.25, 0.3) is 5.69 Å². The van der Waals surface area contributed by atoms with Crippen LogP contribution >= 0.6 is 11.3 Å². The van der Waals surface area contributed by atoms with E-state index >= 15 is 0 Å². The molecule has 1 amide bonds. The zero-order valence-electron chi connectivity index (χ0n) is 20.2. The van der Waals surface area contributed by atoms with Gasteiger partial charge in [-0.2, -0.15) is 4.31 Å². The van der Waals surface area contributed by atoms with Gasteiger partial charge in [-0.1, -0.05) is 24.3 Å². The molecule has 192 valence electrons. The summed E-state index contributed by atoms with van der Waals surface area (Å²) in [4.78, 5) is 38.5. The van der Waals surface area contributed by atoms with E-state index in [1.807, 2.05) is 18.2 Å². The van der Waals surface area contributed by atoms with Crippen molar-refractivity contribution >= 4 is 38.9 Å². The Balaban J connectivity index is 1.37. The summed E-state index contributed by atoms with van der Waals surface area (Å²) in [5.41, 5.74) is 0.921. The number of sulfonamides is 1. The van der Waals surface area contributed by atoms with Crippen LogP contribution in [0.1, 0.15) is 25.5 Å². The van der Waals surface area contributed by atoms with Gasteiger partial charge in [-0.15, -0.1) is 11.3 Å². The molecule has 0 bridgehead atoms. The molecule has 1 N–H and O–H groups in total. The number of nitrogens with one attached hydrogen (secondary N) is 1. The summed E-state index contributed by atoms with van der Waals surface area (Å²) in [6, 6.07) is 12.3. The molecule has 0 radical (unpaired) electrons. The molecule has 0 saturated carbocycles. The third-order valence-electron chi connectivity index (χ3n) is 6.34. The van der Waals surface area contributed by atoms with Crippen LogP contribution in [0.15, 0.2) is 56.8 Å².